The van der Waals surface area contributed by atoms with Crippen LogP contribution in [0.2, 0.25) is 0 Å². The minimum absolute atomic E-state index is 0.0118. The highest BCUT2D eigenvalue weighted by atomic mass is 16.7. The first-order valence-electron chi connectivity index (χ1n) is 47.8. The van der Waals surface area contributed by atoms with E-state index < -0.39 is 56.5 Å². The molecule has 14 rings (SSSR count). The topological polar surface area (TPSA) is 277 Å². The molecule has 11 aliphatic rings. The summed E-state index contributed by atoms with van der Waals surface area (Å²) in [5, 5.41) is 47.8. The Labute approximate surface area is 743 Å². The molecule has 9 atom stereocenters. The summed E-state index contributed by atoms with van der Waals surface area (Å²) in [5.74, 6) is 5.17. The summed E-state index contributed by atoms with van der Waals surface area (Å²) in [6, 6.07) is 23.4. The van der Waals surface area contributed by atoms with Crippen molar-refractivity contribution < 1.29 is 92.2 Å². The highest BCUT2D eigenvalue weighted by Crippen LogP contribution is 2.63. The Morgan fingerprint density at radius 1 is 0.472 bits per heavy atom. The number of benzene rings is 3. The van der Waals surface area contributed by atoms with E-state index in [-0.39, 0.29) is 53.9 Å². The lowest BCUT2D eigenvalue weighted by Crippen LogP contribution is -2.67. The Hall–Kier alpha value is -6.28. The molecule has 19 heteroatoms. The number of phenolic OH excluding ortho intramolecular Hbond substituents is 2. The Bertz CT molecular complexity index is 3530. The molecule has 11 fully saturated rings. The number of rotatable bonds is 29. The highest BCUT2D eigenvalue weighted by Gasteiger charge is 2.65. The van der Waals surface area contributed by atoms with Crippen LogP contribution in [-0.4, -0.2) is 123 Å². The third kappa shape index (κ3) is 33.7. The van der Waals surface area contributed by atoms with E-state index in [1.54, 1.807) is 59.1 Å². The zero-order chi connectivity index (χ0) is 92.1. The van der Waals surface area contributed by atoms with E-state index in [1.807, 2.05) is 93.5 Å². The van der Waals surface area contributed by atoms with Crippen LogP contribution < -0.4 is 4.74 Å². The number of carboxylic acid groups (broad SMARTS) is 1. The molecule has 5 N–H and O–H groups in total. The molecular formula is C104H170O19. The second kappa shape index (κ2) is 48.8. The summed E-state index contributed by atoms with van der Waals surface area (Å²) in [4.78, 5) is 69.5. The van der Waals surface area contributed by atoms with E-state index in [1.165, 1.54) is 113 Å². The molecule has 1 saturated heterocycles. The van der Waals surface area contributed by atoms with E-state index in [2.05, 4.69) is 86.6 Å². The molecule has 3 aromatic carbocycles. The number of carbonyl (C=O) groups is 6. The van der Waals surface area contributed by atoms with Crippen LogP contribution in [0.1, 0.15) is 406 Å². The van der Waals surface area contributed by atoms with E-state index in [0.717, 1.165) is 101 Å². The quantitative estimate of drug-likeness (QED) is 0.0245. The summed E-state index contributed by atoms with van der Waals surface area (Å²) in [6.45, 7) is 46.2. The highest BCUT2D eigenvalue weighted by molar-refractivity contribution is 5.83. The van der Waals surface area contributed by atoms with Crippen molar-refractivity contribution in [3.05, 3.63) is 89.5 Å². The maximum atomic E-state index is 12.4. The van der Waals surface area contributed by atoms with E-state index in [4.69, 9.17) is 53.2 Å². The first-order chi connectivity index (χ1) is 57.6. The van der Waals surface area contributed by atoms with Gasteiger partial charge >= 0.3 is 35.8 Å². The van der Waals surface area contributed by atoms with Crippen molar-refractivity contribution in [1.29, 1.82) is 0 Å². The van der Waals surface area contributed by atoms with E-state index in [0.29, 0.717) is 91.8 Å². The third-order valence-electron chi connectivity index (χ3n) is 29.0. The molecule has 9 unspecified atom stereocenters. The number of aromatic hydroxyl groups is 2. The number of hydrogen-bond donors (Lipinski definition) is 5. The number of aliphatic carboxylic acids is 1. The fraction of sp³-hybridized carbons (Fsp3) is 0.769. The van der Waals surface area contributed by atoms with Gasteiger partial charge in [-0.05, 0) is 317 Å². The number of cyclic esters (lactones) is 1. The predicted molar refractivity (Wildman–Crippen MR) is 489 cm³/mol. The summed E-state index contributed by atoms with van der Waals surface area (Å²) in [5.41, 5.74) is -0.174. The van der Waals surface area contributed by atoms with Crippen molar-refractivity contribution in [3.8, 4) is 17.2 Å². The Morgan fingerprint density at radius 2 is 0.870 bits per heavy atom. The van der Waals surface area contributed by atoms with Gasteiger partial charge in [0, 0.05) is 45.1 Å². The summed E-state index contributed by atoms with van der Waals surface area (Å²) in [6.07, 6.45) is 33.6. The standard InChI is InChI=1S/C19H32O2.C19H30O2.C16H26O4.C14H26O3.C10H16O4.2C10H14O.C6H12O2/c1-5-18(3,4)17(20)21-13(2)9-19-10-14-6-15(11-19)8-16(7-14)12-19;1-4-15(3)16-11-13-18(14-12-16)21-19(5-2)20-17-9-7-6-8-10-17;1-4-13(2,3)12(17)20-16-7-11-5-14(18,9-16)8-15(19,6-11)10-16;1-5-14(2,3)13(15)17-12(16-4)11-9-7-6-8-10-11;1-4-10(2,3)9(12)14-7-5-6-13-8(7)11;2*1-3-8(2)9-4-6-10(11)7-5-9;1-4-6(2,3)5(7)8/h13-16H,5-12H2,1-4H3;11-15,17,19H,4-10H2,1-3H3;11,18-19H,4-10H2,1-3H3;11-12H,5-10H2,1-4H3;7H,4-6H2,1-3H3;2*4-8,11H,3H2,1-2H3;4H2,1-3H3,(H,7,8). The van der Waals surface area contributed by atoms with Gasteiger partial charge in [0.2, 0.25) is 12.4 Å². The van der Waals surface area contributed by atoms with Gasteiger partial charge in [-0.15, -0.1) is 0 Å². The largest absolute Gasteiger partial charge is 0.508 e. The first-order valence-corrected chi connectivity index (χ1v) is 47.8. The number of aliphatic hydroxyl groups is 2. The normalized spacial score (nSPS) is 25.9. The van der Waals surface area contributed by atoms with Crippen molar-refractivity contribution in [2.24, 2.45) is 62.1 Å². The van der Waals surface area contributed by atoms with Crippen molar-refractivity contribution in [1.82, 2.24) is 0 Å². The van der Waals surface area contributed by atoms with E-state index in [9.17, 15) is 39.0 Å². The number of carbonyl (C=O) groups excluding carboxylic acids is 5. The Balaban J connectivity index is 0.000000254. The number of esters is 5. The maximum absolute atomic E-state index is 12.4. The number of ether oxygens (including phenoxy) is 8. The van der Waals surface area contributed by atoms with Crippen molar-refractivity contribution >= 4 is 35.8 Å². The fourth-order valence-corrected chi connectivity index (χ4v) is 18.8. The molecule has 0 amide bonds. The number of carboxylic acids is 1. The second-order valence-electron chi connectivity index (χ2n) is 41.6. The first kappa shape index (κ1) is 107. The van der Waals surface area contributed by atoms with Gasteiger partial charge in [-0.3, -0.25) is 24.0 Å². The molecular weight excluding hydrogens is 1550 g/mol. The molecule has 1 heterocycles. The molecule has 10 aliphatic carbocycles. The summed E-state index contributed by atoms with van der Waals surface area (Å²) in [7, 11) is 1.63. The van der Waals surface area contributed by atoms with Gasteiger partial charge in [-0.25, -0.2) is 4.79 Å². The van der Waals surface area contributed by atoms with Crippen molar-refractivity contribution in [3.63, 3.8) is 0 Å². The van der Waals surface area contributed by atoms with Crippen molar-refractivity contribution in [2.75, 3.05) is 13.7 Å². The monoisotopic (exact) mass is 1720 g/mol. The summed E-state index contributed by atoms with van der Waals surface area (Å²) < 4.78 is 44.5. The average Bonchev–Trinajstić information content (AvgIpc) is 1.06. The van der Waals surface area contributed by atoms with Crippen LogP contribution >= 0.6 is 0 Å². The van der Waals surface area contributed by atoms with Crippen LogP contribution in [-0.2, 0) is 61.9 Å². The Morgan fingerprint density at radius 3 is 1.24 bits per heavy atom. The maximum Gasteiger partial charge on any atom is 0.347 e. The minimum atomic E-state index is -0.842. The van der Waals surface area contributed by atoms with Gasteiger partial charge in [0.25, 0.3) is 0 Å². The van der Waals surface area contributed by atoms with Gasteiger partial charge in [0.1, 0.15) is 22.8 Å². The lowest BCUT2D eigenvalue weighted by atomic mass is 9.48. The lowest BCUT2D eigenvalue weighted by Gasteiger charge is -2.62. The SMILES string of the molecule is CCC(C)(C)C(=O)O.CCC(C)(C)C(=O)OC(C)CC12CC3CC(CC(C3)C1)C2.CCC(C)(C)C(=O)OC(OC)C1CCCCC1.CCC(C)(C)C(=O)OC12CC3CC(O)(CC(O)(C3)C1)C2.CCC(C)(C)C(=O)OC1CCOC1=O.CCC(C)c1ccc(O)cc1.CCC(C)c1ccc(O)cc1.CCC(Oc1ccc(C(C)CC)cc1)OC1CCCCC1. The Kier molecular flexibility index (Phi) is 42.5. The smallest absolute Gasteiger partial charge is 0.347 e. The molecule has 123 heavy (non-hydrogen) atoms. The van der Waals surface area contributed by atoms with Crippen LogP contribution in [0.3, 0.4) is 0 Å². The molecule has 700 valence electrons. The van der Waals surface area contributed by atoms with Crippen LogP contribution in [0.25, 0.3) is 0 Å². The number of hydrogen-bond acceptors (Lipinski definition) is 18. The van der Waals surface area contributed by atoms with Gasteiger partial charge in [-0.2, -0.15) is 0 Å². The van der Waals surface area contributed by atoms with Gasteiger partial charge in [-0.1, -0.05) is 158 Å². The molecule has 19 nitrogen and oxygen atoms in total. The molecule has 3 aromatic rings. The minimum Gasteiger partial charge on any atom is -0.508 e. The molecule has 8 bridgehead atoms. The summed E-state index contributed by atoms with van der Waals surface area (Å²) >= 11 is 0. The van der Waals surface area contributed by atoms with Crippen LogP contribution in [0.15, 0.2) is 72.8 Å². The molecule has 10 saturated carbocycles. The molecule has 0 aromatic heterocycles. The third-order valence-corrected chi connectivity index (χ3v) is 29.0. The lowest BCUT2D eigenvalue weighted by molar-refractivity contribution is -0.264. The molecule has 1 aliphatic heterocycles. The van der Waals surface area contributed by atoms with Crippen LogP contribution in [0.5, 0.6) is 17.2 Å². The average molecular weight is 1720 g/mol. The van der Waals surface area contributed by atoms with Gasteiger partial charge < -0.3 is 63.4 Å². The van der Waals surface area contributed by atoms with Crippen LogP contribution in [0, 0.1) is 62.1 Å². The zero-order valence-electron chi connectivity index (χ0n) is 80.9. The molecule has 0 spiro atoms. The number of phenols is 2. The van der Waals surface area contributed by atoms with Crippen molar-refractivity contribution in [2.45, 2.75) is 437 Å². The second-order valence-corrected chi connectivity index (χ2v) is 41.6. The number of methoxy groups -OCH3 is 1. The van der Waals surface area contributed by atoms with Gasteiger partial charge in [0.15, 0.2) is 6.29 Å². The fourth-order valence-electron chi connectivity index (χ4n) is 18.8. The predicted octanol–water partition coefficient (Wildman–Crippen LogP) is 24.9. The molecule has 0 radical (unpaired) electrons. The van der Waals surface area contributed by atoms with E-state index >= 15 is 0 Å². The zero-order valence-corrected chi connectivity index (χ0v) is 80.9. The van der Waals surface area contributed by atoms with Gasteiger partial charge in [0.05, 0.1) is 57.1 Å². The van der Waals surface area contributed by atoms with Crippen LogP contribution in [0.4, 0.5) is 0 Å².